The minimum atomic E-state index is -3.73. The van der Waals surface area contributed by atoms with E-state index in [1.54, 1.807) is 24.3 Å². The van der Waals surface area contributed by atoms with Gasteiger partial charge < -0.3 is 0 Å². The van der Waals surface area contributed by atoms with Crippen molar-refractivity contribution in [2.75, 3.05) is 5.75 Å². The van der Waals surface area contributed by atoms with Gasteiger partial charge in [0, 0.05) is 16.6 Å². The highest BCUT2D eigenvalue weighted by Gasteiger charge is 2.51. The van der Waals surface area contributed by atoms with E-state index in [-0.39, 0.29) is 10.8 Å². The standard InChI is InChI=1S/C17H17Cl2NO2S2/c1-13-7-9-16(10-8-13)24(21,22)20-23(12-14-11-17(14,18)19)15-5-3-2-4-6-15/h2-10,14H,11-12H2,1H3/t14-,23+/m1/s1. The van der Waals surface area contributed by atoms with Crippen LogP contribution >= 0.6 is 23.2 Å². The maximum absolute atomic E-state index is 12.7. The molecule has 0 aromatic heterocycles. The highest BCUT2D eigenvalue weighted by atomic mass is 35.5. The van der Waals surface area contributed by atoms with Crippen LogP contribution in [0.2, 0.25) is 0 Å². The van der Waals surface area contributed by atoms with Crippen molar-refractivity contribution in [3.05, 3.63) is 60.2 Å². The number of nitrogens with zero attached hydrogens (tertiary/aromatic N) is 1. The molecule has 0 amide bonds. The van der Waals surface area contributed by atoms with E-state index in [0.29, 0.717) is 12.2 Å². The lowest BCUT2D eigenvalue weighted by molar-refractivity contribution is 0.598. The second kappa shape index (κ2) is 6.79. The predicted molar refractivity (Wildman–Crippen MR) is 100 cm³/mol. The highest BCUT2D eigenvalue weighted by molar-refractivity contribution is 8.00. The fourth-order valence-corrected chi connectivity index (χ4v) is 6.78. The molecule has 24 heavy (non-hydrogen) atoms. The Bertz CT molecular complexity index is 863. The Morgan fingerprint density at radius 1 is 1.12 bits per heavy atom. The van der Waals surface area contributed by atoms with Crippen molar-refractivity contribution >= 4 is 43.9 Å². The van der Waals surface area contributed by atoms with Crippen LogP contribution in [0.25, 0.3) is 0 Å². The second-order valence-electron chi connectivity index (χ2n) is 5.87. The molecule has 1 aliphatic rings. The Morgan fingerprint density at radius 2 is 1.71 bits per heavy atom. The summed E-state index contributed by atoms with van der Waals surface area (Å²) in [5, 5.41) is 0. The zero-order chi connectivity index (χ0) is 17.4. The van der Waals surface area contributed by atoms with Gasteiger partial charge in [0.25, 0.3) is 10.0 Å². The van der Waals surface area contributed by atoms with Crippen LogP contribution in [0.4, 0.5) is 0 Å². The van der Waals surface area contributed by atoms with Crippen molar-refractivity contribution in [3.63, 3.8) is 0 Å². The van der Waals surface area contributed by atoms with Crippen LogP contribution < -0.4 is 0 Å². The van der Waals surface area contributed by atoms with Crippen molar-refractivity contribution < 1.29 is 8.42 Å². The molecule has 0 saturated heterocycles. The molecule has 0 aliphatic heterocycles. The van der Waals surface area contributed by atoms with Gasteiger partial charge in [0.1, 0.15) is 4.33 Å². The van der Waals surface area contributed by atoms with E-state index in [4.69, 9.17) is 23.2 Å². The summed E-state index contributed by atoms with van der Waals surface area (Å²) in [6, 6.07) is 16.2. The lowest BCUT2D eigenvalue weighted by Crippen LogP contribution is -2.08. The molecular formula is C17H17Cl2NO2S2. The fourth-order valence-electron chi connectivity index (χ4n) is 2.26. The van der Waals surface area contributed by atoms with Crippen LogP contribution in [0.5, 0.6) is 0 Å². The molecule has 128 valence electrons. The number of alkyl halides is 2. The Kier molecular flexibility index (Phi) is 5.07. The lowest BCUT2D eigenvalue weighted by Gasteiger charge is -2.09. The van der Waals surface area contributed by atoms with Crippen molar-refractivity contribution in [2.24, 2.45) is 9.69 Å². The summed E-state index contributed by atoms with van der Waals surface area (Å²) in [5.74, 6) is 0.614. The summed E-state index contributed by atoms with van der Waals surface area (Å²) in [7, 11) is -4.54. The molecule has 3 rings (SSSR count). The average molecular weight is 402 g/mol. The molecule has 1 aliphatic carbocycles. The van der Waals surface area contributed by atoms with E-state index < -0.39 is 25.0 Å². The first-order valence-corrected chi connectivity index (χ1v) is 11.0. The molecule has 3 nitrogen and oxygen atoms in total. The van der Waals surface area contributed by atoms with Crippen LogP contribution in [-0.4, -0.2) is 18.5 Å². The van der Waals surface area contributed by atoms with E-state index in [1.165, 1.54) is 0 Å². The SMILES string of the molecule is Cc1ccc(S(=O)(=O)N=[S@@](C[C@H]2CC2(Cl)Cl)c2ccccc2)cc1. The van der Waals surface area contributed by atoms with E-state index in [1.807, 2.05) is 37.3 Å². The summed E-state index contributed by atoms with van der Waals surface area (Å²) >= 11 is 12.2. The number of benzene rings is 2. The molecule has 0 N–H and O–H groups in total. The van der Waals surface area contributed by atoms with Crippen LogP contribution in [0, 0.1) is 12.8 Å². The largest absolute Gasteiger partial charge is 0.288 e. The summed E-state index contributed by atoms with van der Waals surface area (Å²) in [6.07, 6.45) is 0.673. The molecule has 0 unspecified atom stereocenters. The van der Waals surface area contributed by atoms with Gasteiger partial charge in [-0.05, 0) is 37.6 Å². The summed E-state index contributed by atoms with van der Waals surface area (Å²) in [6.45, 7) is 1.91. The Hall–Kier alpha value is -0.880. The average Bonchev–Trinajstić information content (AvgIpc) is 3.14. The number of hydrogen-bond donors (Lipinski definition) is 0. The zero-order valence-electron chi connectivity index (χ0n) is 13.0. The van der Waals surface area contributed by atoms with Gasteiger partial charge in [-0.15, -0.1) is 27.0 Å². The van der Waals surface area contributed by atoms with Gasteiger partial charge in [0.2, 0.25) is 0 Å². The molecule has 0 spiro atoms. The topological polar surface area (TPSA) is 46.5 Å². The number of aryl methyl sites for hydroxylation is 1. The van der Waals surface area contributed by atoms with E-state index in [2.05, 4.69) is 3.77 Å². The Balaban J connectivity index is 1.98. The van der Waals surface area contributed by atoms with Gasteiger partial charge in [-0.1, -0.05) is 46.6 Å². The van der Waals surface area contributed by atoms with E-state index in [9.17, 15) is 8.42 Å². The summed E-state index contributed by atoms with van der Waals surface area (Å²) in [4.78, 5) is 1.09. The van der Waals surface area contributed by atoms with Crippen LogP contribution in [0.1, 0.15) is 12.0 Å². The van der Waals surface area contributed by atoms with Crippen molar-refractivity contribution in [3.8, 4) is 0 Å². The predicted octanol–water partition coefficient (Wildman–Crippen LogP) is 4.74. The van der Waals surface area contributed by atoms with Gasteiger partial charge in [-0.3, -0.25) is 0 Å². The van der Waals surface area contributed by atoms with Crippen LogP contribution in [-0.2, 0) is 20.7 Å². The third-order valence-electron chi connectivity index (χ3n) is 3.84. The molecule has 1 fully saturated rings. The van der Waals surface area contributed by atoms with Crippen LogP contribution in [0.3, 0.4) is 0 Å². The van der Waals surface area contributed by atoms with E-state index >= 15 is 0 Å². The van der Waals surface area contributed by atoms with Gasteiger partial charge in [-0.25, -0.2) is 0 Å². The van der Waals surface area contributed by atoms with Crippen molar-refractivity contribution in [1.29, 1.82) is 0 Å². The lowest BCUT2D eigenvalue weighted by atomic mass is 10.2. The van der Waals surface area contributed by atoms with Gasteiger partial charge in [0.15, 0.2) is 0 Å². The molecule has 0 radical (unpaired) electrons. The first kappa shape index (κ1) is 17.9. The number of rotatable bonds is 5. The fraction of sp³-hybridized carbons (Fsp3) is 0.294. The molecule has 2 aromatic carbocycles. The van der Waals surface area contributed by atoms with Crippen LogP contribution in [0.15, 0.2) is 68.2 Å². The molecular weight excluding hydrogens is 385 g/mol. The van der Waals surface area contributed by atoms with Gasteiger partial charge in [-0.2, -0.15) is 8.42 Å². The first-order chi connectivity index (χ1) is 11.3. The monoisotopic (exact) mass is 401 g/mol. The molecule has 2 aromatic rings. The summed E-state index contributed by atoms with van der Waals surface area (Å²) < 4.78 is 28.8. The molecule has 0 heterocycles. The second-order valence-corrected chi connectivity index (χ2v) is 11.0. The Labute approximate surface area is 155 Å². The van der Waals surface area contributed by atoms with Crippen molar-refractivity contribution in [2.45, 2.75) is 27.5 Å². The third kappa shape index (κ3) is 4.20. The number of sulfonamides is 1. The maximum atomic E-state index is 12.7. The minimum Gasteiger partial charge on any atom is -0.199 e. The molecule has 2 atom stereocenters. The van der Waals surface area contributed by atoms with Gasteiger partial charge in [0.05, 0.1) is 4.90 Å². The smallest absolute Gasteiger partial charge is 0.199 e. The molecule has 0 bridgehead atoms. The van der Waals surface area contributed by atoms with Crippen molar-refractivity contribution in [1.82, 2.24) is 0 Å². The third-order valence-corrected chi connectivity index (χ3v) is 8.67. The quantitative estimate of drug-likeness (QED) is 0.679. The maximum Gasteiger partial charge on any atom is 0.288 e. The Morgan fingerprint density at radius 3 is 2.25 bits per heavy atom. The first-order valence-electron chi connectivity index (χ1n) is 7.46. The molecule has 7 heteroatoms. The molecule has 1 saturated carbocycles. The van der Waals surface area contributed by atoms with E-state index in [0.717, 1.165) is 10.5 Å². The zero-order valence-corrected chi connectivity index (χ0v) is 16.2. The minimum absolute atomic E-state index is 0.0707. The highest BCUT2D eigenvalue weighted by Crippen LogP contribution is 2.53. The number of halogens is 2. The number of hydrogen-bond acceptors (Lipinski definition) is 2. The van der Waals surface area contributed by atoms with Gasteiger partial charge >= 0.3 is 0 Å². The normalized spacial score (nSPS) is 20.7. The summed E-state index contributed by atoms with van der Waals surface area (Å²) in [5.41, 5.74) is 1.00.